The molecule has 0 heterocycles. The minimum Gasteiger partial charge on any atom is -0.295 e. The van der Waals surface area contributed by atoms with Crippen LogP contribution in [0.2, 0.25) is 0 Å². The van der Waals surface area contributed by atoms with Crippen molar-refractivity contribution in [3.05, 3.63) is 59.2 Å². The smallest absolute Gasteiger partial charge is 0.159 e. The molecule has 1 aliphatic carbocycles. The van der Waals surface area contributed by atoms with Gasteiger partial charge in [-0.1, -0.05) is 36.4 Å². The Hall–Kier alpha value is -1.89. The lowest BCUT2D eigenvalue weighted by Crippen LogP contribution is -1.96. The van der Waals surface area contributed by atoms with E-state index in [9.17, 15) is 4.79 Å². The van der Waals surface area contributed by atoms with E-state index in [0.717, 1.165) is 24.8 Å². The van der Waals surface area contributed by atoms with Gasteiger partial charge in [0.2, 0.25) is 0 Å². The molecule has 2 aromatic carbocycles. The van der Waals surface area contributed by atoms with Crippen LogP contribution >= 0.6 is 0 Å². The predicted octanol–water partition coefficient (Wildman–Crippen LogP) is 4.04. The highest BCUT2D eigenvalue weighted by Crippen LogP contribution is 2.32. The van der Waals surface area contributed by atoms with E-state index < -0.39 is 0 Å². The first-order valence-electron chi connectivity index (χ1n) is 6.48. The van der Waals surface area contributed by atoms with E-state index in [0.29, 0.717) is 0 Å². The molecular formula is C17H16O. The van der Waals surface area contributed by atoms with Crippen LogP contribution in [0, 0.1) is 0 Å². The number of carbonyl (C=O) groups is 1. The maximum atomic E-state index is 11.5. The maximum absolute atomic E-state index is 11.5. The third-order valence-corrected chi connectivity index (χ3v) is 3.71. The van der Waals surface area contributed by atoms with E-state index in [1.807, 2.05) is 6.07 Å². The summed E-state index contributed by atoms with van der Waals surface area (Å²) in [6.07, 6.45) is 3.34. The Morgan fingerprint density at radius 2 is 1.67 bits per heavy atom. The molecule has 0 fully saturated rings. The number of rotatable bonds is 1. The second kappa shape index (κ2) is 4.41. The van der Waals surface area contributed by atoms with Gasteiger partial charge in [-0.15, -0.1) is 0 Å². The Kier molecular flexibility index (Phi) is 2.75. The minimum absolute atomic E-state index is 0.148. The van der Waals surface area contributed by atoms with Gasteiger partial charge in [0, 0.05) is 5.56 Å². The SMILES string of the molecule is CC(=O)c1ccc2c(c1)CCCc1ccccc1-2. The summed E-state index contributed by atoms with van der Waals surface area (Å²) >= 11 is 0. The second-order valence-corrected chi connectivity index (χ2v) is 4.94. The van der Waals surface area contributed by atoms with E-state index in [1.54, 1.807) is 6.92 Å². The van der Waals surface area contributed by atoms with Crippen molar-refractivity contribution >= 4 is 5.78 Å². The zero-order valence-electron chi connectivity index (χ0n) is 10.6. The van der Waals surface area contributed by atoms with Gasteiger partial charge in [-0.3, -0.25) is 4.79 Å². The first kappa shape index (κ1) is 11.2. The third kappa shape index (κ3) is 1.86. The molecule has 2 aromatic rings. The summed E-state index contributed by atoms with van der Waals surface area (Å²) in [5.74, 6) is 0.148. The molecule has 1 nitrogen and oxygen atoms in total. The Morgan fingerprint density at radius 1 is 0.944 bits per heavy atom. The van der Waals surface area contributed by atoms with Crippen molar-refractivity contribution in [3.8, 4) is 11.1 Å². The van der Waals surface area contributed by atoms with Crippen LogP contribution in [0.3, 0.4) is 0 Å². The zero-order chi connectivity index (χ0) is 12.5. The van der Waals surface area contributed by atoms with Gasteiger partial charge in [-0.2, -0.15) is 0 Å². The summed E-state index contributed by atoms with van der Waals surface area (Å²) in [6.45, 7) is 1.63. The average Bonchev–Trinajstić information content (AvgIpc) is 2.57. The van der Waals surface area contributed by atoms with Crippen LogP contribution in [0.15, 0.2) is 42.5 Å². The van der Waals surface area contributed by atoms with Gasteiger partial charge in [-0.05, 0) is 54.5 Å². The van der Waals surface area contributed by atoms with Gasteiger partial charge in [0.25, 0.3) is 0 Å². The standard InChI is InChI=1S/C17H16O/c1-12(18)14-9-10-17-15(11-14)7-4-6-13-5-2-3-8-16(13)17/h2-3,5,8-11H,4,6-7H2,1H3. The summed E-state index contributed by atoms with van der Waals surface area (Å²) in [7, 11) is 0. The largest absolute Gasteiger partial charge is 0.295 e. The second-order valence-electron chi connectivity index (χ2n) is 4.94. The van der Waals surface area contributed by atoms with Crippen molar-refractivity contribution in [1.82, 2.24) is 0 Å². The summed E-state index contributed by atoms with van der Waals surface area (Å²) in [4.78, 5) is 11.5. The molecule has 0 aromatic heterocycles. The van der Waals surface area contributed by atoms with Crippen molar-refractivity contribution < 1.29 is 4.79 Å². The van der Waals surface area contributed by atoms with Crippen LogP contribution in [0.4, 0.5) is 0 Å². The topological polar surface area (TPSA) is 17.1 Å². The average molecular weight is 236 g/mol. The Balaban J connectivity index is 2.19. The number of aryl methyl sites for hydroxylation is 2. The molecule has 1 heteroatoms. The number of ketones is 1. The van der Waals surface area contributed by atoms with Crippen molar-refractivity contribution in [2.45, 2.75) is 26.2 Å². The van der Waals surface area contributed by atoms with E-state index in [2.05, 4.69) is 36.4 Å². The first-order valence-corrected chi connectivity index (χ1v) is 6.48. The Bertz CT molecular complexity index is 611. The van der Waals surface area contributed by atoms with Crippen molar-refractivity contribution in [3.63, 3.8) is 0 Å². The van der Waals surface area contributed by atoms with E-state index in [1.165, 1.54) is 22.3 Å². The third-order valence-electron chi connectivity index (χ3n) is 3.71. The molecule has 0 spiro atoms. The van der Waals surface area contributed by atoms with Gasteiger partial charge in [0.15, 0.2) is 5.78 Å². The fourth-order valence-electron chi connectivity index (χ4n) is 2.75. The van der Waals surface area contributed by atoms with Crippen LogP contribution in [-0.2, 0) is 12.8 Å². The molecule has 0 unspecified atom stereocenters. The molecule has 0 bridgehead atoms. The van der Waals surface area contributed by atoms with Gasteiger partial charge in [0.1, 0.15) is 0 Å². The molecule has 90 valence electrons. The Morgan fingerprint density at radius 3 is 2.50 bits per heavy atom. The summed E-state index contributed by atoms with van der Waals surface area (Å²) < 4.78 is 0. The van der Waals surface area contributed by atoms with E-state index in [4.69, 9.17) is 0 Å². The zero-order valence-corrected chi connectivity index (χ0v) is 10.6. The molecule has 0 aliphatic heterocycles. The quantitative estimate of drug-likeness (QED) is 0.683. The predicted molar refractivity (Wildman–Crippen MR) is 73.9 cm³/mol. The lowest BCUT2D eigenvalue weighted by atomic mass is 9.94. The van der Waals surface area contributed by atoms with Gasteiger partial charge in [0.05, 0.1) is 0 Å². The van der Waals surface area contributed by atoms with E-state index >= 15 is 0 Å². The highest BCUT2D eigenvalue weighted by Gasteiger charge is 2.14. The molecule has 0 saturated carbocycles. The van der Waals surface area contributed by atoms with Gasteiger partial charge in [-0.25, -0.2) is 0 Å². The number of hydrogen-bond donors (Lipinski definition) is 0. The van der Waals surface area contributed by atoms with Crippen LogP contribution < -0.4 is 0 Å². The lowest BCUT2D eigenvalue weighted by molar-refractivity contribution is 0.101. The van der Waals surface area contributed by atoms with Crippen LogP contribution in [-0.4, -0.2) is 5.78 Å². The molecule has 1 aliphatic rings. The normalized spacial score (nSPS) is 13.4. The fourth-order valence-corrected chi connectivity index (χ4v) is 2.75. The highest BCUT2D eigenvalue weighted by molar-refractivity contribution is 5.95. The minimum atomic E-state index is 0.148. The monoisotopic (exact) mass is 236 g/mol. The van der Waals surface area contributed by atoms with E-state index in [-0.39, 0.29) is 5.78 Å². The molecule has 3 rings (SSSR count). The van der Waals surface area contributed by atoms with Crippen molar-refractivity contribution in [2.75, 3.05) is 0 Å². The molecule has 0 saturated heterocycles. The fraction of sp³-hybridized carbons (Fsp3) is 0.235. The van der Waals surface area contributed by atoms with Crippen molar-refractivity contribution in [1.29, 1.82) is 0 Å². The first-order chi connectivity index (χ1) is 8.75. The molecule has 18 heavy (non-hydrogen) atoms. The molecule has 0 N–H and O–H groups in total. The highest BCUT2D eigenvalue weighted by atomic mass is 16.1. The maximum Gasteiger partial charge on any atom is 0.159 e. The van der Waals surface area contributed by atoms with Crippen LogP contribution in [0.5, 0.6) is 0 Å². The summed E-state index contributed by atoms with van der Waals surface area (Å²) in [6, 6.07) is 14.7. The van der Waals surface area contributed by atoms with Crippen LogP contribution in [0.25, 0.3) is 11.1 Å². The number of carbonyl (C=O) groups excluding carboxylic acids is 1. The molecular weight excluding hydrogens is 220 g/mol. The van der Waals surface area contributed by atoms with Gasteiger partial charge < -0.3 is 0 Å². The number of fused-ring (bicyclic) bond motifs is 3. The molecule has 0 amide bonds. The summed E-state index contributed by atoms with van der Waals surface area (Å²) in [5.41, 5.74) is 6.20. The summed E-state index contributed by atoms with van der Waals surface area (Å²) in [5, 5.41) is 0. The lowest BCUT2D eigenvalue weighted by Gasteiger charge is -2.10. The Labute approximate surface area is 107 Å². The molecule has 0 radical (unpaired) electrons. The van der Waals surface area contributed by atoms with Crippen LogP contribution in [0.1, 0.15) is 34.8 Å². The molecule has 0 atom stereocenters. The number of hydrogen-bond acceptors (Lipinski definition) is 1. The van der Waals surface area contributed by atoms with Crippen molar-refractivity contribution in [2.24, 2.45) is 0 Å². The van der Waals surface area contributed by atoms with Gasteiger partial charge >= 0.3 is 0 Å². The number of Topliss-reactive ketones (excluding diaryl/α,β-unsaturated/α-hetero) is 1. The number of benzene rings is 2.